The van der Waals surface area contributed by atoms with Crippen LogP contribution in [-0.4, -0.2) is 79.5 Å². The number of carboxylic acid groups (broad SMARTS) is 1. The maximum Gasteiger partial charge on any atom is 0.304 e. The van der Waals surface area contributed by atoms with Crippen molar-refractivity contribution < 1.29 is 30.3 Å². The molecule has 0 aromatic heterocycles. The van der Waals surface area contributed by atoms with Gasteiger partial charge in [0.15, 0.2) is 0 Å². The van der Waals surface area contributed by atoms with Gasteiger partial charge in [-0.3, -0.25) is 4.79 Å². The summed E-state index contributed by atoms with van der Waals surface area (Å²) in [6.45, 7) is 4.45. The van der Waals surface area contributed by atoms with Crippen LogP contribution in [0.1, 0.15) is 39.5 Å². The van der Waals surface area contributed by atoms with Gasteiger partial charge in [-0.15, -0.1) is 11.8 Å². The minimum absolute atomic E-state index is 0.0500. The highest BCUT2D eigenvalue weighted by Gasteiger charge is 2.50. The average molecular weight is 378 g/mol. The van der Waals surface area contributed by atoms with Gasteiger partial charge in [-0.25, -0.2) is 0 Å². The molecule has 7 nitrogen and oxygen atoms in total. The number of hydrogen-bond acceptors (Lipinski definition) is 7. The molecule has 1 aliphatic heterocycles. The normalized spacial score (nSPS) is 41.4. The van der Waals surface area contributed by atoms with Gasteiger partial charge >= 0.3 is 5.97 Å². The molecule has 0 amide bonds. The fourth-order valence-electron chi connectivity index (χ4n) is 4.09. The third-order valence-corrected chi connectivity index (χ3v) is 7.48. The summed E-state index contributed by atoms with van der Waals surface area (Å²) >= 11 is 1.36. The number of nitrogens with one attached hydrogen (secondary N) is 1. The lowest BCUT2D eigenvalue weighted by atomic mass is 9.64. The van der Waals surface area contributed by atoms with Crippen LogP contribution in [0, 0.1) is 11.3 Å². The zero-order chi connectivity index (χ0) is 18.8. The number of thioether (sulfide) groups is 1. The molecule has 2 rings (SSSR count). The van der Waals surface area contributed by atoms with Crippen molar-refractivity contribution in [3.63, 3.8) is 0 Å². The van der Waals surface area contributed by atoms with Crippen LogP contribution in [-0.2, 0) is 4.79 Å². The lowest BCUT2D eigenvalue weighted by Crippen LogP contribution is -2.58. The molecule has 1 aliphatic carbocycles. The van der Waals surface area contributed by atoms with Crippen LogP contribution < -0.4 is 5.32 Å². The molecule has 2 fully saturated rings. The Labute approximate surface area is 152 Å². The van der Waals surface area contributed by atoms with Gasteiger partial charge < -0.3 is 30.8 Å². The maximum atomic E-state index is 10.7. The van der Waals surface area contributed by atoms with E-state index in [-0.39, 0.29) is 35.7 Å². The molecule has 8 heteroatoms. The van der Waals surface area contributed by atoms with Crippen LogP contribution in [0.15, 0.2) is 0 Å². The molecule has 0 spiro atoms. The fraction of sp³-hybridized carbons (Fsp3) is 0.941. The van der Waals surface area contributed by atoms with E-state index in [1.54, 1.807) is 0 Å². The topological polar surface area (TPSA) is 130 Å². The highest BCUT2D eigenvalue weighted by molar-refractivity contribution is 8.00. The van der Waals surface area contributed by atoms with Gasteiger partial charge in [0.1, 0.15) is 6.10 Å². The molecule has 6 N–H and O–H groups in total. The SMILES string of the molecule is CC1(C)CCC(NCCC(=O)O)CC1[C@@H]1S[C@H](CO)[C@H](O)[C@H](O)[C@H]1O. The molecule has 0 radical (unpaired) electrons. The van der Waals surface area contributed by atoms with Gasteiger partial charge in [0.25, 0.3) is 0 Å². The van der Waals surface area contributed by atoms with Crippen molar-refractivity contribution in [1.29, 1.82) is 0 Å². The van der Waals surface area contributed by atoms with Crippen molar-refractivity contribution in [2.24, 2.45) is 11.3 Å². The van der Waals surface area contributed by atoms with Crippen LogP contribution in [0.2, 0.25) is 0 Å². The Hall–Kier alpha value is -0.380. The standard InChI is InChI=1S/C17H31NO6S/c1-17(2)5-3-9(18-6-4-12(20)21)7-10(17)16-15(24)14(23)13(22)11(8-19)25-16/h9-11,13-16,18-19,22-24H,3-8H2,1-2H3,(H,20,21)/t9?,10?,11-,13+,14+,15-,16+/m1/s1. The third-order valence-electron chi connectivity index (χ3n) is 5.78. The van der Waals surface area contributed by atoms with E-state index in [1.807, 2.05) is 0 Å². The zero-order valence-electron chi connectivity index (χ0n) is 14.8. The van der Waals surface area contributed by atoms with Crippen molar-refractivity contribution in [2.45, 2.75) is 74.4 Å². The first kappa shape index (κ1) is 20.9. The van der Waals surface area contributed by atoms with E-state index in [0.29, 0.717) is 6.54 Å². The van der Waals surface area contributed by atoms with E-state index < -0.39 is 29.5 Å². The summed E-state index contributed by atoms with van der Waals surface area (Å²) in [5, 5.41) is 51.5. The predicted octanol–water partition coefficient (Wildman–Crippen LogP) is -0.195. The molecule has 1 heterocycles. The van der Waals surface area contributed by atoms with Crippen molar-refractivity contribution in [2.75, 3.05) is 13.2 Å². The number of aliphatic hydroxyl groups is 4. The average Bonchev–Trinajstić information content (AvgIpc) is 2.54. The first-order chi connectivity index (χ1) is 11.7. The lowest BCUT2D eigenvalue weighted by molar-refractivity contribution is -0.136. The molecule has 2 aliphatic rings. The van der Waals surface area contributed by atoms with Gasteiger partial charge in [-0.2, -0.15) is 0 Å². The summed E-state index contributed by atoms with van der Waals surface area (Å²) in [6.07, 6.45) is -0.757. The Balaban J connectivity index is 2.08. The highest BCUT2D eigenvalue weighted by atomic mass is 32.2. The Bertz CT molecular complexity index is 460. The first-order valence-electron chi connectivity index (χ1n) is 8.93. The summed E-state index contributed by atoms with van der Waals surface area (Å²) < 4.78 is 0. The molecule has 146 valence electrons. The van der Waals surface area contributed by atoms with Gasteiger partial charge in [-0.1, -0.05) is 13.8 Å². The van der Waals surface area contributed by atoms with Gasteiger partial charge in [0.2, 0.25) is 0 Å². The van der Waals surface area contributed by atoms with Crippen LogP contribution in [0.5, 0.6) is 0 Å². The second-order valence-corrected chi connectivity index (χ2v) is 9.38. The molecular formula is C17H31NO6S. The summed E-state index contributed by atoms with van der Waals surface area (Å²) in [7, 11) is 0. The Kier molecular flexibility index (Phi) is 7.15. The first-order valence-corrected chi connectivity index (χ1v) is 9.87. The van der Waals surface area contributed by atoms with Crippen LogP contribution >= 0.6 is 11.8 Å². The quantitative estimate of drug-likeness (QED) is 0.375. The van der Waals surface area contributed by atoms with Crippen molar-refractivity contribution in [3.8, 4) is 0 Å². The minimum Gasteiger partial charge on any atom is -0.481 e. The smallest absolute Gasteiger partial charge is 0.304 e. The Morgan fingerprint density at radius 2 is 1.88 bits per heavy atom. The largest absolute Gasteiger partial charge is 0.481 e. The van der Waals surface area contributed by atoms with E-state index >= 15 is 0 Å². The molecule has 2 unspecified atom stereocenters. The molecule has 7 atom stereocenters. The van der Waals surface area contributed by atoms with Gasteiger partial charge in [0, 0.05) is 17.8 Å². The lowest BCUT2D eigenvalue weighted by Gasteiger charge is -2.51. The van der Waals surface area contributed by atoms with Gasteiger partial charge in [-0.05, 0) is 30.6 Å². The van der Waals surface area contributed by atoms with Crippen LogP contribution in [0.25, 0.3) is 0 Å². The summed E-state index contributed by atoms with van der Waals surface area (Å²) in [5.74, 6) is -0.749. The van der Waals surface area contributed by atoms with Crippen molar-refractivity contribution in [3.05, 3.63) is 0 Å². The number of hydrogen-bond donors (Lipinski definition) is 6. The molecule has 1 saturated carbocycles. The molecule has 0 aromatic rings. The summed E-state index contributed by atoms with van der Waals surface area (Å²) in [6, 6.07) is 0.168. The van der Waals surface area contributed by atoms with Gasteiger partial charge in [0.05, 0.1) is 30.5 Å². The van der Waals surface area contributed by atoms with E-state index in [4.69, 9.17) is 5.11 Å². The van der Waals surface area contributed by atoms with E-state index in [9.17, 15) is 25.2 Å². The molecule has 25 heavy (non-hydrogen) atoms. The number of aliphatic hydroxyl groups excluding tert-OH is 4. The monoisotopic (exact) mass is 377 g/mol. The van der Waals surface area contributed by atoms with Crippen molar-refractivity contribution in [1.82, 2.24) is 5.32 Å². The molecule has 0 bridgehead atoms. The van der Waals surface area contributed by atoms with E-state index in [1.165, 1.54) is 11.8 Å². The second-order valence-electron chi connectivity index (χ2n) is 7.96. The number of carboxylic acids is 1. The Morgan fingerprint density at radius 1 is 1.20 bits per heavy atom. The summed E-state index contributed by atoms with van der Waals surface area (Å²) in [5.41, 5.74) is -0.0500. The van der Waals surface area contributed by atoms with Crippen LogP contribution in [0.4, 0.5) is 0 Å². The van der Waals surface area contributed by atoms with E-state index in [2.05, 4.69) is 19.2 Å². The second kappa shape index (κ2) is 8.54. The highest BCUT2D eigenvalue weighted by Crippen LogP contribution is 2.49. The fourth-order valence-corrected chi connectivity index (χ4v) is 5.89. The van der Waals surface area contributed by atoms with Crippen molar-refractivity contribution >= 4 is 17.7 Å². The van der Waals surface area contributed by atoms with Crippen LogP contribution in [0.3, 0.4) is 0 Å². The number of carbonyl (C=O) groups is 1. The minimum atomic E-state index is -1.26. The number of rotatable bonds is 6. The zero-order valence-corrected chi connectivity index (χ0v) is 15.7. The number of aliphatic carboxylic acids is 1. The third kappa shape index (κ3) is 4.87. The molecule has 1 saturated heterocycles. The molecular weight excluding hydrogens is 346 g/mol. The summed E-state index contributed by atoms with van der Waals surface area (Å²) in [4.78, 5) is 10.7. The van der Waals surface area contributed by atoms with E-state index in [0.717, 1.165) is 19.3 Å². The maximum absolute atomic E-state index is 10.7. The Morgan fingerprint density at radius 3 is 2.48 bits per heavy atom. The molecule has 0 aromatic carbocycles. The predicted molar refractivity (Wildman–Crippen MR) is 95.4 cm³/mol.